The number of unbranched alkanes of at least 4 members (excludes halogenated alkanes) is 6. The van der Waals surface area contributed by atoms with Crippen molar-refractivity contribution in [3.8, 4) is 23.7 Å². The highest BCUT2D eigenvalue weighted by atomic mass is 31.2. The summed E-state index contributed by atoms with van der Waals surface area (Å²) in [5, 5.41) is 8.21. The minimum absolute atomic E-state index is 0.0240. The lowest BCUT2D eigenvalue weighted by Crippen LogP contribution is -2.48. The predicted molar refractivity (Wildman–Crippen MR) is 481 cm³/mol. The predicted octanol–water partition coefficient (Wildman–Crippen LogP) is 14.4. The van der Waals surface area contributed by atoms with Gasteiger partial charge < -0.3 is 62.6 Å². The second-order valence-corrected chi connectivity index (χ2v) is 41.0. The number of H-pyrrole nitrogens is 2. The molecule has 28 heteroatoms. The lowest BCUT2D eigenvalue weighted by atomic mass is 9.92. The fourth-order valence-corrected chi connectivity index (χ4v) is 19.9. The van der Waals surface area contributed by atoms with Crippen molar-refractivity contribution in [2.75, 3.05) is 39.5 Å². The van der Waals surface area contributed by atoms with Gasteiger partial charge in [-0.15, -0.1) is 0 Å². The standard InChI is InChI=1S/C53H76N5O8PSi.C43H52N4O9/c1-12-45-44(36-67(63-33-31-54-9)58(37(2)3)38(4)5)50(66-68(10,11)53(6,7)8)49(65-45)43-35-57(52(62)56-51(43)61)32-21-30-55-47(59)26-15-13-14-16-27-48(60)64-46-34-41-24-18-17-22-39(41)28-29-40-23-19-20-25-42(40)46;1-4-34-28(2)40(56-39(51)23-22-36(48)44-3)41(55-34)33-27-47(43(53)46-42(33)52)25-13-24-45-37(49)18-7-5-6-8-19-38(50)54-35-26-31-16-10-9-14-29(31)20-21-30-15-11-12-17-32(30)35/h17-20,22-25,35,37-38,44-46,49-50H,12-16,21,26-27,30-34,36H2,1-8,10-11H3,(H,55,59)(H,56,61,62);9-12,14-17,27-28,34-35,40-41H,4-8,13,18-19,22-26H2,1-3H3,(H,44,48)(H,45,49)(H,46,52,53)/t44-,45+,46?,49-,50?,67?;28-,34+,35?,40?,41-/m00/s1. The zero-order chi connectivity index (χ0) is 89.6. The van der Waals surface area contributed by atoms with E-state index >= 15 is 0 Å². The van der Waals surface area contributed by atoms with Crippen molar-refractivity contribution in [3.05, 3.63) is 218 Å². The summed E-state index contributed by atoms with van der Waals surface area (Å²) in [5.74, 6) is 11.1. The molecule has 5 N–H and O–H groups in total. The average Bonchev–Trinajstić information content (AvgIpc) is 1.60. The molecular formula is C96H128N9O17PSi. The molecule has 2 aromatic heterocycles. The van der Waals surface area contributed by atoms with Gasteiger partial charge in [-0.25, -0.2) is 16.2 Å². The molecule has 0 bridgehead atoms. The highest BCUT2D eigenvalue weighted by Crippen LogP contribution is 2.53. The molecule has 3 amide bonds. The molecule has 2 saturated heterocycles. The van der Waals surface area contributed by atoms with Gasteiger partial charge in [-0.05, 0) is 133 Å². The number of rotatable bonds is 42. The van der Waals surface area contributed by atoms with Gasteiger partial charge in [0.2, 0.25) is 24.3 Å². The average molecular weight is 1740 g/mol. The number of aromatic amines is 2. The van der Waals surface area contributed by atoms with E-state index in [1.54, 1.807) is 6.20 Å². The van der Waals surface area contributed by atoms with Gasteiger partial charge in [0.1, 0.15) is 45.4 Å². The number of carbonyl (C=O) groups excluding carboxylic acids is 6. The van der Waals surface area contributed by atoms with Crippen molar-refractivity contribution in [1.82, 2.24) is 39.7 Å². The number of esters is 3. The third-order valence-electron chi connectivity index (χ3n) is 23.7. The molecule has 2 fully saturated rings. The zero-order valence-corrected chi connectivity index (χ0v) is 76.5. The molecule has 5 unspecified atom stereocenters. The van der Waals surface area contributed by atoms with Crippen LogP contribution < -0.4 is 38.4 Å². The first kappa shape index (κ1) is 97.9. The van der Waals surface area contributed by atoms with Crippen LogP contribution in [0.25, 0.3) is 4.85 Å². The Morgan fingerprint density at radius 1 is 0.565 bits per heavy atom. The van der Waals surface area contributed by atoms with Crippen LogP contribution in [0.2, 0.25) is 18.1 Å². The van der Waals surface area contributed by atoms with Crippen LogP contribution in [0.4, 0.5) is 0 Å². The third-order valence-corrected chi connectivity index (χ3v) is 30.9. The second kappa shape index (κ2) is 48.0. The third kappa shape index (κ3) is 28.1. The number of nitrogens with zero attached hydrogens (tertiary/aromatic N) is 4. The molecule has 10 rings (SSSR count). The molecule has 4 aliphatic rings. The van der Waals surface area contributed by atoms with Crippen LogP contribution in [0.3, 0.4) is 0 Å². The fourth-order valence-electron chi connectivity index (χ4n) is 16.0. The summed E-state index contributed by atoms with van der Waals surface area (Å²) < 4.78 is 49.8. The SMILES string of the molecule is CC[C@H]1O[C@@H](c2cn(CCCNC(=O)CCCCCCC(=O)OC3Cc4ccccc4C#Cc4ccccc43)c(=O)[nH]c2=O)C(OC(=O)CCC(=O)NC)[C@H]1C.[C-]#[N+]CCOP(C[C@@H]1C(O[Si](C)(C)C(C)(C)C)[C@H](c2cn(CCCNC(=O)CCCCCCC(=O)OC3Cc4ccccc4C#Cc4ccccc43)c(=O)[nH]c2=O)O[C@@H]1CC)N(C(C)C)C(C)C. The Morgan fingerprint density at radius 2 is 0.992 bits per heavy atom. The number of hydrogen-bond donors (Lipinski definition) is 5. The topological polar surface area (TPSA) is 320 Å². The van der Waals surface area contributed by atoms with E-state index in [4.69, 9.17) is 39.2 Å². The fraction of sp³-hybridized carbons (Fsp3) is 0.552. The van der Waals surface area contributed by atoms with Crippen molar-refractivity contribution >= 4 is 52.2 Å². The monoisotopic (exact) mass is 1740 g/mol. The van der Waals surface area contributed by atoms with Crippen LogP contribution in [0.1, 0.15) is 265 Å². The van der Waals surface area contributed by atoms with Crippen LogP contribution >= 0.6 is 8.30 Å². The molecule has 11 atom stereocenters. The maximum Gasteiger partial charge on any atom is 0.328 e. The van der Waals surface area contributed by atoms with Crippen molar-refractivity contribution < 1.29 is 61.4 Å². The summed E-state index contributed by atoms with van der Waals surface area (Å²) in [6, 6.07) is 31.9. The molecule has 0 saturated carbocycles. The number of carbonyl (C=O) groups is 6. The smallest absolute Gasteiger partial charge is 0.328 e. The van der Waals surface area contributed by atoms with E-state index in [0.717, 1.165) is 70.2 Å². The van der Waals surface area contributed by atoms with Gasteiger partial charge in [0, 0.05) is 154 Å². The number of ether oxygens (including phenoxy) is 5. The van der Waals surface area contributed by atoms with Gasteiger partial charge in [-0.1, -0.05) is 164 Å². The molecular weight excluding hydrogens is 1610 g/mol. The minimum Gasteiger partial charge on any atom is -0.459 e. The molecule has 2 aliphatic heterocycles. The van der Waals surface area contributed by atoms with Crippen LogP contribution in [0, 0.1) is 42.1 Å². The van der Waals surface area contributed by atoms with Gasteiger partial charge in [0.15, 0.2) is 8.32 Å². The van der Waals surface area contributed by atoms with Crippen molar-refractivity contribution in [3.63, 3.8) is 0 Å². The van der Waals surface area contributed by atoms with Gasteiger partial charge in [-0.3, -0.25) is 53.0 Å². The Bertz CT molecular complexity index is 5030. The van der Waals surface area contributed by atoms with E-state index in [-0.39, 0.29) is 109 Å². The Kier molecular flexibility index (Phi) is 37.9. The molecule has 4 heterocycles. The molecule has 6 aromatic rings. The summed E-state index contributed by atoms with van der Waals surface area (Å²) in [7, 11) is -2.09. The number of fused-ring (bicyclic) bond motifs is 4. The van der Waals surface area contributed by atoms with Gasteiger partial charge in [-0.2, -0.15) is 0 Å². The van der Waals surface area contributed by atoms with Gasteiger partial charge in [0.05, 0.1) is 35.9 Å². The van der Waals surface area contributed by atoms with Crippen molar-refractivity contribution in [2.24, 2.45) is 11.8 Å². The number of nitrogens with one attached hydrogen (secondary N) is 5. The van der Waals surface area contributed by atoms with Crippen LogP contribution in [0.5, 0.6) is 0 Å². The summed E-state index contributed by atoms with van der Waals surface area (Å²) in [4.78, 5) is 136. The van der Waals surface area contributed by atoms with E-state index in [1.165, 1.54) is 22.4 Å². The molecule has 26 nitrogen and oxygen atoms in total. The van der Waals surface area contributed by atoms with E-state index in [9.17, 15) is 47.9 Å². The normalized spacial score (nSPS) is 19.6. The lowest BCUT2D eigenvalue weighted by molar-refractivity contribution is -0.154. The van der Waals surface area contributed by atoms with Crippen molar-refractivity contribution in [2.45, 2.75) is 290 Å². The first-order valence-electron chi connectivity index (χ1n) is 44.3. The van der Waals surface area contributed by atoms with Crippen LogP contribution in [-0.2, 0) is 87.3 Å². The second-order valence-electron chi connectivity index (χ2n) is 34.5. The maximum atomic E-state index is 13.7. The minimum atomic E-state index is -2.42. The van der Waals surface area contributed by atoms with Gasteiger partial charge in [0.25, 0.3) is 11.1 Å². The summed E-state index contributed by atoms with van der Waals surface area (Å²) >= 11 is 0. The largest absolute Gasteiger partial charge is 0.459 e. The molecule has 0 spiro atoms. The Balaban J connectivity index is 0.000000286. The van der Waals surface area contributed by atoms with E-state index in [2.05, 4.69) is 128 Å². The molecule has 2 aliphatic carbocycles. The highest BCUT2D eigenvalue weighted by molar-refractivity contribution is 7.50. The quantitative estimate of drug-likeness (QED) is 0.00452. The zero-order valence-electron chi connectivity index (χ0n) is 74.6. The van der Waals surface area contributed by atoms with E-state index < -0.39 is 81.7 Å². The van der Waals surface area contributed by atoms with Crippen molar-refractivity contribution in [1.29, 1.82) is 0 Å². The number of amides is 3. The molecule has 4 aromatic carbocycles. The first-order chi connectivity index (χ1) is 59.4. The Labute approximate surface area is 732 Å². The Morgan fingerprint density at radius 3 is 1.44 bits per heavy atom. The van der Waals surface area contributed by atoms with Crippen LogP contribution in [0.15, 0.2) is 129 Å². The van der Waals surface area contributed by atoms with Gasteiger partial charge >= 0.3 is 29.3 Å². The number of hydrogen-bond acceptors (Lipinski definition) is 18. The number of aryl methyl sites for hydroxylation is 2. The molecule has 0 radical (unpaired) electrons. The Hall–Kier alpha value is -9.88. The number of aromatic nitrogens is 4. The lowest BCUT2D eigenvalue weighted by Gasteiger charge is -2.42. The van der Waals surface area contributed by atoms with E-state index in [0.29, 0.717) is 121 Å². The van der Waals surface area contributed by atoms with Crippen LogP contribution in [-0.4, -0.2) is 144 Å². The highest BCUT2D eigenvalue weighted by Gasteiger charge is 2.52. The summed E-state index contributed by atoms with van der Waals surface area (Å²) in [6.07, 6.45) is 9.88. The first-order valence-corrected chi connectivity index (χ1v) is 48.6. The molecule has 124 heavy (non-hydrogen) atoms. The van der Waals surface area contributed by atoms with E-state index in [1.807, 2.05) is 111 Å². The maximum absolute atomic E-state index is 13.7. The number of benzene rings is 4. The summed E-state index contributed by atoms with van der Waals surface area (Å²) in [5.41, 5.74) is 5.83. The molecule has 668 valence electrons. The summed E-state index contributed by atoms with van der Waals surface area (Å²) in [6.45, 7) is 34.7.